The van der Waals surface area contributed by atoms with E-state index in [1.807, 2.05) is 18.2 Å². The van der Waals surface area contributed by atoms with Crippen molar-refractivity contribution in [3.05, 3.63) is 30.3 Å². The number of nitrogens with one attached hydrogen (secondary N) is 1. The van der Waals surface area contributed by atoms with Crippen molar-refractivity contribution in [3.63, 3.8) is 0 Å². The number of para-hydroxylation sites is 1. The second kappa shape index (κ2) is 6.33. The van der Waals surface area contributed by atoms with Gasteiger partial charge in [-0.1, -0.05) is 23.3 Å². The molecule has 11 heteroatoms. The Bertz CT molecular complexity index is 842. The van der Waals surface area contributed by atoms with Gasteiger partial charge in [0.25, 0.3) is 0 Å². The van der Waals surface area contributed by atoms with Gasteiger partial charge in [-0.05, 0) is 22.6 Å². The maximum Gasteiger partial charge on any atom is 0.341 e. The van der Waals surface area contributed by atoms with Crippen LogP contribution in [0.1, 0.15) is 6.04 Å². The first-order valence-electron chi connectivity index (χ1n) is 7.72. The maximum absolute atomic E-state index is 11.5. The summed E-state index contributed by atoms with van der Waals surface area (Å²) in [5, 5.41) is 11.6. The van der Waals surface area contributed by atoms with E-state index in [0.717, 1.165) is 6.26 Å². The molecular formula is C14H17N5O5S. The quantitative estimate of drug-likeness (QED) is 0.767. The molecule has 4 rings (SSSR count). The number of sulfonamides is 1. The molecule has 2 fully saturated rings. The van der Waals surface area contributed by atoms with Crippen LogP contribution in [0.4, 0.5) is 0 Å². The molecule has 3 heterocycles. The van der Waals surface area contributed by atoms with Gasteiger partial charge in [-0.25, -0.2) is 13.1 Å². The van der Waals surface area contributed by atoms with Gasteiger partial charge in [0.2, 0.25) is 10.0 Å². The topological polar surface area (TPSA) is 117 Å². The molecule has 4 atom stereocenters. The number of ether oxygens (including phenoxy) is 3. The van der Waals surface area contributed by atoms with E-state index in [1.54, 1.807) is 12.1 Å². The lowest BCUT2D eigenvalue weighted by atomic mass is 10.1. The third kappa shape index (κ3) is 3.35. The largest absolute Gasteiger partial charge is 0.423 e. The summed E-state index contributed by atoms with van der Waals surface area (Å²) in [4.78, 5) is 0. The average Bonchev–Trinajstić information content (AvgIpc) is 3.25. The Hall–Kier alpha value is -2.08. The fourth-order valence-corrected chi connectivity index (χ4v) is 3.87. The predicted molar refractivity (Wildman–Crippen MR) is 84.6 cm³/mol. The Labute approximate surface area is 144 Å². The fraction of sp³-hybridized carbons (Fsp3) is 0.500. The van der Waals surface area contributed by atoms with E-state index in [1.165, 1.54) is 4.68 Å². The molecule has 0 bridgehead atoms. The molecule has 25 heavy (non-hydrogen) atoms. The summed E-state index contributed by atoms with van der Waals surface area (Å²) in [6.45, 7) is 0.531. The Morgan fingerprint density at radius 2 is 1.96 bits per heavy atom. The smallest absolute Gasteiger partial charge is 0.341 e. The lowest BCUT2D eigenvalue weighted by molar-refractivity contribution is 0.0615. The highest BCUT2D eigenvalue weighted by atomic mass is 32.2. The van der Waals surface area contributed by atoms with Crippen LogP contribution in [0.15, 0.2) is 30.3 Å². The first-order chi connectivity index (χ1) is 12.0. The minimum atomic E-state index is -3.35. The minimum absolute atomic E-state index is 0.226. The predicted octanol–water partition coefficient (Wildman–Crippen LogP) is -0.278. The molecule has 10 nitrogen and oxygen atoms in total. The molecule has 0 spiro atoms. The SMILES string of the molecule is CS(=O)(=O)N[C@H]1CO[C@H]2[C@@H]1OC[C@@H]2n1nnnc1Oc1ccccc1. The third-order valence-electron chi connectivity index (χ3n) is 4.12. The van der Waals surface area contributed by atoms with Crippen LogP contribution in [0.5, 0.6) is 11.8 Å². The van der Waals surface area contributed by atoms with Gasteiger partial charge in [-0.15, -0.1) is 0 Å². The lowest BCUT2D eigenvalue weighted by Gasteiger charge is -2.17. The molecule has 1 aromatic carbocycles. The number of rotatable bonds is 5. The highest BCUT2D eigenvalue weighted by molar-refractivity contribution is 7.88. The van der Waals surface area contributed by atoms with E-state index < -0.39 is 22.2 Å². The zero-order valence-electron chi connectivity index (χ0n) is 13.3. The molecule has 0 saturated carbocycles. The fourth-order valence-electron chi connectivity index (χ4n) is 3.12. The van der Waals surface area contributed by atoms with Crippen LogP contribution in [-0.4, -0.2) is 66.3 Å². The van der Waals surface area contributed by atoms with Crippen molar-refractivity contribution in [2.75, 3.05) is 19.5 Å². The Kier molecular flexibility index (Phi) is 4.15. The minimum Gasteiger partial charge on any atom is -0.423 e. The average molecular weight is 367 g/mol. The number of aromatic nitrogens is 4. The number of hydrogen-bond acceptors (Lipinski definition) is 8. The van der Waals surface area contributed by atoms with Crippen molar-refractivity contribution in [3.8, 4) is 11.8 Å². The molecule has 134 valence electrons. The molecule has 1 aromatic heterocycles. The van der Waals surface area contributed by atoms with E-state index in [-0.39, 0.29) is 24.8 Å². The van der Waals surface area contributed by atoms with E-state index in [4.69, 9.17) is 14.2 Å². The van der Waals surface area contributed by atoms with Crippen LogP contribution >= 0.6 is 0 Å². The molecule has 1 N–H and O–H groups in total. The number of tetrazole rings is 1. The number of nitrogens with zero attached hydrogens (tertiary/aromatic N) is 4. The number of benzene rings is 1. The standard InChI is InChI=1S/C14H17N5O5S/c1-25(20,21)16-10-7-22-13-11(8-23-12(10)13)19-14(15-17-18-19)24-9-5-3-2-4-6-9/h2-6,10-13,16H,7-8H2,1H3/t10-,11-,12+,13+/m0/s1. The zero-order chi connectivity index (χ0) is 17.4. The summed E-state index contributed by atoms with van der Waals surface area (Å²) in [6.07, 6.45) is 0.356. The Balaban J connectivity index is 1.52. The second-order valence-corrected chi connectivity index (χ2v) is 7.76. The van der Waals surface area contributed by atoms with Crippen molar-refractivity contribution in [1.82, 2.24) is 24.9 Å². The molecule has 2 aliphatic heterocycles. The molecule has 2 aromatic rings. The van der Waals surface area contributed by atoms with Gasteiger partial charge < -0.3 is 14.2 Å². The zero-order valence-corrected chi connectivity index (χ0v) is 14.2. The van der Waals surface area contributed by atoms with E-state index >= 15 is 0 Å². The van der Waals surface area contributed by atoms with Crippen molar-refractivity contribution >= 4 is 10.0 Å². The van der Waals surface area contributed by atoms with E-state index in [9.17, 15) is 8.42 Å². The highest BCUT2D eigenvalue weighted by Crippen LogP contribution is 2.36. The summed E-state index contributed by atoms with van der Waals surface area (Å²) in [7, 11) is -3.35. The number of hydrogen-bond donors (Lipinski definition) is 1. The van der Waals surface area contributed by atoms with Crippen molar-refractivity contribution in [2.24, 2.45) is 0 Å². The first-order valence-corrected chi connectivity index (χ1v) is 9.62. The summed E-state index contributed by atoms with van der Waals surface area (Å²) >= 11 is 0. The van der Waals surface area contributed by atoms with Crippen LogP contribution in [-0.2, 0) is 19.5 Å². The molecule has 0 radical (unpaired) electrons. The van der Waals surface area contributed by atoms with E-state index in [0.29, 0.717) is 12.4 Å². The summed E-state index contributed by atoms with van der Waals surface area (Å²) in [6, 6.07) is 8.66. The second-order valence-electron chi connectivity index (χ2n) is 5.98. The maximum atomic E-state index is 11.5. The lowest BCUT2D eigenvalue weighted by Crippen LogP contribution is -2.43. The van der Waals surface area contributed by atoms with Gasteiger partial charge in [0.15, 0.2) is 0 Å². The van der Waals surface area contributed by atoms with Crippen LogP contribution in [0.3, 0.4) is 0 Å². The normalized spacial score (nSPS) is 28.8. The third-order valence-corrected chi connectivity index (χ3v) is 4.85. The van der Waals surface area contributed by atoms with Crippen LogP contribution in [0, 0.1) is 0 Å². The van der Waals surface area contributed by atoms with Gasteiger partial charge in [-0.2, -0.15) is 4.68 Å². The van der Waals surface area contributed by atoms with Gasteiger partial charge in [-0.3, -0.25) is 0 Å². The van der Waals surface area contributed by atoms with Crippen LogP contribution < -0.4 is 9.46 Å². The molecule has 0 aliphatic carbocycles. The van der Waals surface area contributed by atoms with Gasteiger partial charge in [0.1, 0.15) is 24.0 Å². The van der Waals surface area contributed by atoms with Gasteiger partial charge >= 0.3 is 6.01 Å². The highest BCUT2D eigenvalue weighted by Gasteiger charge is 2.50. The molecule has 0 amide bonds. The van der Waals surface area contributed by atoms with Crippen molar-refractivity contribution in [2.45, 2.75) is 24.3 Å². The Morgan fingerprint density at radius 3 is 2.72 bits per heavy atom. The van der Waals surface area contributed by atoms with E-state index in [2.05, 4.69) is 20.2 Å². The Morgan fingerprint density at radius 1 is 1.20 bits per heavy atom. The summed E-state index contributed by atoms with van der Waals surface area (Å²) < 4.78 is 44.2. The monoisotopic (exact) mass is 367 g/mol. The van der Waals surface area contributed by atoms with Gasteiger partial charge in [0.05, 0.1) is 25.5 Å². The van der Waals surface area contributed by atoms with Crippen LogP contribution in [0.2, 0.25) is 0 Å². The van der Waals surface area contributed by atoms with Crippen LogP contribution in [0.25, 0.3) is 0 Å². The summed E-state index contributed by atoms with van der Waals surface area (Å²) in [5.41, 5.74) is 0. The van der Waals surface area contributed by atoms with Crippen molar-refractivity contribution < 1.29 is 22.6 Å². The van der Waals surface area contributed by atoms with Crippen molar-refractivity contribution in [1.29, 1.82) is 0 Å². The number of fused-ring (bicyclic) bond motifs is 1. The molecular weight excluding hydrogens is 350 g/mol. The molecule has 2 saturated heterocycles. The first kappa shape index (κ1) is 16.4. The molecule has 0 unspecified atom stereocenters. The van der Waals surface area contributed by atoms with Gasteiger partial charge in [0, 0.05) is 0 Å². The molecule has 2 aliphatic rings. The summed E-state index contributed by atoms with van der Waals surface area (Å²) in [5.74, 6) is 0.609.